The Morgan fingerprint density at radius 1 is 1.14 bits per heavy atom. The van der Waals surface area contributed by atoms with Crippen molar-refractivity contribution in [2.45, 2.75) is 26.4 Å². The number of hydrogen-bond donors (Lipinski definition) is 1. The van der Waals surface area contributed by atoms with Crippen LogP contribution in [0.2, 0.25) is 5.02 Å². The molecule has 0 bridgehead atoms. The summed E-state index contributed by atoms with van der Waals surface area (Å²) in [4.78, 5) is 0. The largest absolute Gasteiger partial charge is 0.455 e. The van der Waals surface area contributed by atoms with E-state index in [2.05, 4.69) is 5.32 Å². The Labute approximate surface area is 127 Å². The molecular formula is C16H16ClF2NO. The third kappa shape index (κ3) is 4.16. The van der Waals surface area contributed by atoms with Crippen molar-refractivity contribution in [2.75, 3.05) is 0 Å². The molecule has 0 atom stereocenters. The van der Waals surface area contributed by atoms with E-state index in [4.69, 9.17) is 16.3 Å². The Morgan fingerprint density at radius 2 is 1.90 bits per heavy atom. The lowest BCUT2D eigenvalue weighted by Crippen LogP contribution is -2.22. The Balaban J connectivity index is 2.28. The number of ether oxygens (including phenoxy) is 1. The molecule has 0 aliphatic carbocycles. The first-order valence-electron chi connectivity index (χ1n) is 6.61. The van der Waals surface area contributed by atoms with E-state index < -0.39 is 5.82 Å². The molecule has 0 aliphatic heterocycles. The molecule has 0 radical (unpaired) electrons. The molecule has 0 heterocycles. The summed E-state index contributed by atoms with van der Waals surface area (Å²) in [7, 11) is 0. The van der Waals surface area contributed by atoms with Crippen LogP contribution in [0, 0.1) is 11.6 Å². The summed E-state index contributed by atoms with van der Waals surface area (Å²) in [6.45, 7) is 4.27. The van der Waals surface area contributed by atoms with Crippen LogP contribution in [0.5, 0.6) is 11.5 Å². The van der Waals surface area contributed by atoms with Gasteiger partial charge in [0, 0.05) is 18.2 Å². The molecule has 0 spiro atoms. The summed E-state index contributed by atoms with van der Waals surface area (Å²) < 4.78 is 32.6. The average Bonchev–Trinajstić information content (AvgIpc) is 2.41. The summed E-state index contributed by atoms with van der Waals surface area (Å²) in [6.07, 6.45) is 0. The zero-order valence-electron chi connectivity index (χ0n) is 11.8. The highest BCUT2D eigenvalue weighted by Crippen LogP contribution is 2.32. The maximum Gasteiger partial charge on any atom is 0.146 e. The molecule has 0 saturated heterocycles. The van der Waals surface area contributed by atoms with Crippen LogP contribution >= 0.6 is 11.6 Å². The average molecular weight is 312 g/mol. The lowest BCUT2D eigenvalue weighted by atomic mass is 10.1. The highest BCUT2D eigenvalue weighted by Gasteiger charge is 2.12. The van der Waals surface area contributed by atoms with Crippen molar-refractivity contribution in [3.05, 3.63) is 58.6 Å². The zero-order chi connectivity index (χ0) is 15.4. The summed E-state index contributed by atoms with van der Waals surface area (Å²) in [5, 5.41) is 3.28. The van der Waals surface area contributed by atoms with E-state index in [1.54, 1.807) is 12.1 Å². The van der Waals surface area contributed by atoms with Gasteiger partial charge >= 0.3 is 0 Å². The van der Waals surface area contributed by atoms with E-state index in [0.717, 1.165) is 6.07 Å². The van der Waals surface area contributed by atoms with E-state index in [1.165, 1.54) is 18.2 Å². The normalized spacial score (nSPS) is 11.0. The van der Waals surface area contributed by atoms with Crippen molar-refractivity contribution in [3.63, 3.8) is 0 Å². The molecule has 21 heavy (non-hydrogen) atoms. The molecule has 0 aromatic heterocycles. The first-order chi connectivity index (χ1) is 9.97. The van der Waals surface area contributed by atoms with Gasteiger partial charge in [0.2, 0.25) is 0 Å². The molecule has 112 valence electrons. The Morgan fingerprint density at radius 3 is 2.57 bits per heavy atom. The molecule has 0 fully saturated rings. The van der Waals surface area contributed by atoms with Gasteiger partial charge in [0.25, 0.3) is 0 Å². The Hall–Kier alpha value is -1.65. The van der Waals surface area contributed by atoms with E-state index in [1.807, 2.05) is 13.8 Å². The minimum absolute atomic E-state index is 0.141. The number of rotatable bonds is 5. The van der Waals surface area contributed by atoms with Crippen LogP contribution in [-0.4, -0.2) is 6.04 Å². The lowest BCUT2D eigenvalue weighted by molar-refractivity contribution is 0.456. The van der Waals surface area contributed by atoms with E-state index in [0.29, 0.717) is 17.9 Å². The molecule has 0 aliphatic rings. The molecule has 0 unspecified atom stereocenters. The van der Waals surface area contributed by atoms with Gasteiger partial charge in [-0.15, -0.1) is 0 Å². The minimum Gasteiger partial charge on any atom is -0.455 e. The molecular weight excluding hydrogens is 296 g/mol. The van der Waals surface area contributed by atoms with Crippen molar-refractivity contribution in [2.24, 2.45) is 0 Å². The van der Waals surface area contributed by atoms with Crippen molar-refractivity contribution >= 4 is 11.6 Å². The van der Waals surface area contributed by atoms with Crippen LogP contribution in [0.25, 0.3) is 0 Å². The first kappa shape index (κ1) is 15.7. The minimum atomic E-state index is -0.451. The predicted octanol–water partition coefficient (Wildman–Crippen LogP) is 4.91. The second kappa shape index (κ2) is 6.87. The van der Waals surface area contributed by atoms with Crippen LogP contribution in [0.15, 0.2) is 36.4 Å². The SMILES string of the molecule is CC(C)NCc1c(F)cccc1Oc1ccc(F)cc1Cl. The number of benzene rings is 2. The van der Waals surface area contributed by atoms with Crippen LogP contribution in [0.4, 0.5) is 8.78 Å². The van der Waals surface area contributed by atoms with Crippen molar-refractivity contribution in [3.8, 4) is 11.5 Å². The summed E-state index contributed by atoms with van der Waals surface area (Å²) in [5.41, 5.74) is 0.409. The molecule has 2 aromatic carbocycles. The van der Waals surface area contributed by atoms with Crippen molar-refractivity contribution in [1.29, 1.82) is 0 Å². The van der Waals surface area contributed by atoms with E-state index in [-0.39, 0.29) is 22.6 Å². The molecule has 0 amide bonds. The second-order valence-electron chi connectivity index (χ2n) is 4.93. The highest BCUT2D eigenvalue weighted by molar-refractivity contribution is 6.32. The molecule has 2 nitrogen and oxygen atoms in total. The lowest BCUT2D eigenvalue weighted by Gasteiger charge is -2.15. The number of halogens is 3. The second-order valence-corrected chi connectivity index (χ2v) is 5.34. The van der Waals surface area contributed by atoms with Gasteiger partial charge in [0.05, 0.1) is 5.02 Å². The fraction of sp³-hybridized carbons (Fsp3) is 0.250. The maximum atomic E-state index is 14.0. The third-order valence-electron chi connectivity index (χ3n) is 2.88. The molecule has 0 saturated carbocycles. The molecule has 5 heteroatoms. The molecule has 1 N–H and O–H groups in total. The van der Waals surface area contributed by atoms with Crippen LogP contribution < -0.4 is 10.1 Å². The first-order valence-corrected chi connectivity index (χ1v) is 6.99. The summed E-state index contributed by atoms with van der Waals surface area (Å²) in [6, 6.07) is 8.61. The van der Waals surface area contributed by atoms with E-state index >= 15 is 0 Å². The highest BCUT2D eigenvalue weighted by atomic mass is 35.5. The monoisotopic (exact) mass is 311 g/mol. The summed E-state index contributed by atoms with van der Waals surface area (Å²) >= 11 is 5.92. The van der Waals surface area contributed by atoms with Crippen molar-refractivity contribution < 1.29 is 13.5 Å². The van der Waals surface area contributed by atoms with E-state index in [9.17, 15) is 8.78 Å². The van der Waals surface area contributed by atoms with Gasteiger partial charge in [-0.2, -0.15) is 0 Å². The maximum absolute atomic E-state index is 14.0. The van der Waals surface area contributed by atoms with Gasteiger partial charge in [0.1, 0.15) is 23.1 Å². The smallest absolute Gasteiger partial charge is 0.146 e. The number of nitrogens with one attached hydrogen (secondary N) is 1. The van der Waals surface area contributed by atoms with Crippen LogP contribution in [0.1, 0.15) is 19.4 Å². The Kier molecular flexibility index (Phi) is 5.15. The zero-order valence-corrected chi connectivity index (χ0v) is 12.5. The quantitative estimate of drug-likeness (QED) is 0.847. The van der Waals surface area contributed by atoms with Gasteiger partial charge in [-0.3, -0.25) is 0 Å². The van der Waals surface area contributed by atoms with Crippen LogP contribution in [0.3, 0.4) is 0 Å². The van der Waals surface area contributed by atoms with Gasteiger partial charge in [0.15, 0.2) is 0 Å². The van der Waals surface area contributed by atoms with Crippen molar-refractivity contribution in [1.82, 2.24) is 5.32 Å². The predicted molar refractivity (Wildman–Crippen MR) is 79.9 cm³/mol. The van der Waals surface area contributed by atoms with Gasteiger partial charge in [-0.1, -0.05) is 31.5 Å². The third-order valence-corrected chi connectivity index (χ3v) is 3.17. The van der Waals surface area contributed by atoms with Gasteiger partial charge in [-0.25, -0.2) is 8.78 Å². The fourth-order valence-corrected chi connectivity index (χ4v) is 1.99. The number of hydrogen-bond acceptors (Lipinski definition) is 2. The molecule has 2 aromatic rings. The standard InChI is InChI=1S/C16H16ClF2NO/c1-10(2)20-9-12-14(19)4-3-5-15(12)21-16-7-6-11(18)8-13(16)17/h3-8,10,20H,9H2,1-2H3. The van der Waals surface area contributed by atoms with Gasteiger partial charge < -0.3 is 10.1 Å². The fourth-order valence-electron chi connectivity index (χ4n) is 1.79. The van der Waals surface area contributed by atoms with Gasteiger partial charge in [-0.05, 0) is 30.3 Å². The topological polar surface area (TPSA) is 21.3 Å². The van der Waals surface area contributed by atoms with Crippen LogP contribution in [-0.2, 0) is 6.54 Å². The molecule has 2 rings (SSSR count). The summed E-state index contributed by atoms with van der Waals surface area (Å²) in [5.74, 6) is -0.168. The Bertz CT molecular complexity index is 632.